The van der Waals surface area contributed by atoms with Crippen LogP contribution in [-0.2, 0) is 11.3 Å². The van der Waals surface area contributed by atoms with Crippen molar-refractivity contribution in [1.29, 1.82) is 0 Å². The SMILES string of the molecule is CC(=O)NCCN1CCN(CCn2ccnc2)CC1. The Bertz CT molecular complexity index is 370. The smallest absolute Gasteiger partial charge is 0.216 e. The topological polar surface area (TPSA) is 53.4 Å². The number of hydrogen-bond donors (Lipinski definition) is 1. The molecule has 0 aromatic carbocycles. The summed E-state index contributed by atoms with van der Waals surface area (Å²) in [4.78, 5) is 19.7. The van der Waals surface area contributed by atoms with E-state index in [-0.39, 0.29) is 5.91 Å². The fourth-order valence-electron chi connectivity index (χ4n) is 2.30. The molecule has 6 nitrogen and oxygen atoms in total. The van der Waals surface area contributed by atoms with Gasteiger partial charge in [0.05, 0.1) is 6.33 Å². The van der Waals surface area contributed by atoms with E-state index < -0.39 is 0 Å². The van der Waals surface area contributed by atoms with Gasteiger partial charge in [-0.25, -0.2) is 4.98 Å². The van der Waals surface area contributed by atoms with Gasteiger partial charge in [-0.05, 0) is 0 Å². The van der Waals surface area contributed by atoms with Crippen molar-refractivity contribution in [3.63, 3.8) is 0 Å². The van der Waals surface area contributed by atoms with Gasteiger partial charge >= 0.3 is 0 Å². The first kappa shape index (κ1) is 14.0. The number of aromatic nitrogens is 2. The maximum Gasteiger partial charge on any atom is 0.216 e. The maximum atomic E-state index is 10.8. The molecule has 0 unspecified atom stereocenters. The molecule has 2 heterocycles. The summed E-state index contributed by atoms with van der Waals surface area (Å²) in [6, 6.07) is 0. The van der Waals surface area contributed by atoms with Crippen LogP contribution in [0.5, 0.6) is 0 Å². The number of nitrogens with zero attached hydrogens (tertiary/aromatic N) is 4. The van der Waals surface area contributed by atoms with Crippen LogP contribution in [0, 0.1) is 0 Å². The number of piperazine rings is 1. The first-order valence-electron chi connectivity index (χ1n) is 6.89. The van der Waals surface area contributed by atoms with Gasteiger partial charge in [-0.1, -0.05) is 0 Å². The zero-order valence-electron chi connectivity index (χ0n) is 11.6. The molecule has 1 saturated heterocycles. The second-order valence-electron chi connectivity index (χ2n) is 4.97. The first-order chi connectivity index (χ1) is 9.24. The normalized spacial score (nSPS) is 17.5. The van der Waals surface area contributed by atoms with E-state index in [0.29, 0.717) is 0 Å². The lowest BCUT2D eigenvalue weighted by molar-refractivity contribution is -0.119. The highest BCUT2D eigenvalue weighted by Crippen LogP contribution is 2.01. The van der Waals surface area contributed by atoms with Crippen molar-refractivity contribution in [3.8, 4) is 0 Å². The van der Waals surface area contributed by atoms with Crippen LogP contribution in [-0.4, -0.2) is 71.1 Å². The Balaban J connectivity index is 1.58. The molecule has 0 saturated carbocycles. The predicted molar refractivity (Wildman–Crippen MR) is 73.8 cm³/mol. The zero-order valence-corrected chi connectivity index (χ0v) is 11.6. The fourth-order valence-corrected chi connectivity index (χ4v) is 2.30. The minimum Gasteiger partial charge on any atom is -0.355 e. The van der Waals surface area contributed by atoms with Crippen LogP contribution < -0.4 is 5.32 Å². The molecule has 1 N–H and O–H groups in total. The fraction of sp³-hybridized carbons (Fsp3) is 0.692. The van der Waals surface area contributed by atoms with Crippen LogP contribution in [0.1, 0.15) is 6.92 Å². The Morgan fingerprint density at radius 1 is 1.16 bits per heavy atom. The van der Waals surface area contributed by atoms with E-state index in [1.165, 1.54) is 0 Å². The van der Waals surface area contributed by atoms with Crippen LogP contribution in [0.25, 0.3) is 0 Å². The van der Waals surface area contributed by atoms with Gasteiger partial charge in [-0.3, -0.25) is 14.6 Å². The molecule has 106 valence electrons. The first-order valence-corrected chi connectivity index (χ1v) is 6.89. The third-order valence-electron chi connectivity index (χ3n) is 3.50. The van der Waals surface area contributed by atoms with E-state index >= 15 is 0 Å². The Kier molecular flexibility index (Phi) is 5.35. The summed E-state index contributed by atoms with van der Waals surface area (Å²) in [6.07, 6.45) is 5.69. The molecule has 6 heteroatoms. The number of carbonyl (C=O) groups excluding carboxylic acids is 1. The summed E-state index contributed by atoms with van der Waals surface area (Å²) < 4.78 is 2.11. The molecule has 0 bridgehead atoms. The van der Waals surface area contributed by atoms with Crippen molar-refractivity contribution >= 4 is 5.91 Å². The molecule has 1 aromatic rings. The monoisotopic (exact) mass is 265 g/mol. The van der Waals surface area contributed by atoms with E-state index in [0.717, 1.165) is 52.4 Å². The van der Waals surface area contributed by atoms with Crippen LogP contribution in [0.2, 0.25) is 0 Å². The molecule has 1 fully saturated rings. The summed E-state index contributed by atoms with van der Waals surface area (Å²) >= 11 is 0. The minimum atomic E-state index is 0.0546. The molecule has 1 aliphatic rings. The summed E-state index contributed by atoms with van der Waals surface area (Å²) in [6.45, 7) is 9.74. The molecule has 0 aliphatic carbocycles. The molecule has 0 spiro atoms. The predicted octanol–water partition coefficient (Wildman–Crippen LogP) is -0.363. The van der Waals surface area contributed by atoms with E-state index in [1.807, 2.05) is 18.7 Å². The van der Waals surface area contributed by atoms with Crippen molar-refractivity contribution in [2.75, 3.05) is 45.8 Å². The van der Waals surface area contributed by atoms with E-state index in [1.54, 1.807) is 6.92 Å². The van der Waals surface area contributed by atoms with Gasteiger partial charge in [0.2, 0.25) is 5.91 Å². The third kappa shape index (κ3) is 5.00. The minimum absolute atomic E-state index is 0.0546. The van der Waals surface area contributed by atoms with Gasteiger partial charge in [-0.15, -0.1) is 0 Å². The molecule has 0 radical (unpaired) electrons. The van der Waals surface area contributed by atoms with Crippen LogP contribution in [0.4, 0.5) is 0 Å². The number of imidazole rings is 1. The Morgan fingerprint density at radius 2 is 1.84 bits per heavy atom. The lowest BCUT2D eigenvalue weighted by Crippen LogP contribution is -2.48. The molecule has 1 amide bonds. The van der Waals surface area contributed by atoms with Crippen molar-refractivity contribution in [2.24, 2.45) is 0 Å². The number of hydrogen-bond acceptors (Lipinski definition) is 4. The average Bonchev–Trinajstić information content (AvgIpc) is 2.90. The van der Waals surface area contributed by atoms with Gasteiger partial charge in [0.1, 0.15) is 0 Å². The van der Waals surface area contributed by atoms with Crippen molar-refractivity contribution < 1.29 is 4.79 Å². The van der Waals surface area contributed by atoms with Crippen LogP contribution >= 0.6 is 0 Å². The maximum absolute atomic E-state index is 10.8. The molecule has 0 atom stereocenters. The lowest BCUT2D eigenvalue weighted by Gasteiger charge is -2.34. The Hall–Kier alpha value is -1.40. The number of carbonyl (C=O) groups is 1. The molecular formula is C13H23N5O. The number of amides is 1. The van der Waals surface area contributed by atoms with Crippen molar-refractivity contribution in [2.45, 2.75) is 13.5 Å². The third-order valence-corrected chi connectivity index (χ3v) is 3.50. The summed E-state index contributed by atoms with van der Waals surface area (Å²) in [5.74, 6) is 0.0546. The van der Waals surface area contributed by atoms with Gasteiger partial charge in [0.25, 0.3) is 0 Å². The Morgan fingerprint density at radius 3 is 2.42 bits per heavy atom. The van der Waals surface area contributed by atoms with Gasteiger partial charge in [-0.2, -0.15) is 0 Å². The second-order valence-corrected chi connectivity index (χ2v) is 4.97. The Labute approximate surface area is 114 Å². The van der Waals surface area contributed by atoms with Crippen LogP contribution in [0.15, 0.2) is 18.7 Å². The highest BCUT2D eigenvalue weighted by molar-refractivity contribution is 5.72. The standard InChI is InChI=1S/C13H23N5O/c1-13(19)15-3-5-16-6-8-17(9-7-16)10-11-18-4-2-14-12-18/h2,4,12H,3,5-11H2,1H3,(H,15,19). The van der Waals surface area contributed by atoms with Crippen LogP contribution in [0.3, 0.4) is 0 Å². The molecule has 1 aromatic heterocycles. The largest absolute Gasteiger partial charge is 0.355 e. The summed E-state index contributed by atoms with van der Waals surface area (Å²) in [7, 11) is 0. The quantitative estimate of drug-likeness (QED) is 0.763. The number of rotatable bonds is 6. The lowest BCUT2D eigenvalue weighted by atomic mass is 10.3. The molecule has 2 rings (SSSR count). The molecule has 1 aliphatic heterocycles. The van der Waals surface area contributed by atoms with Gasteiger partial charge in [0.15, 0.2) is 0 Å². The molecular weight excluding hydrogens is 242 g/mol. The molecule has 19 heavy (non-hydrogen) atoms. The summed E-state index contributed by atoms with van der Waals surface area (Å²) in [5, 5.41) is 2.84. The zero-order chi connectivity index (χ0) is 13.5. The highest BCUT2D eigenvalue weighted by atomic mass is 16.1. The van der Waals surface area contributed by atoms with E-state index in [9.17, 15) is 4.79 Å². The van der Waals surface area contributed by atoms with Gasteiger partial charge < -0.3 is 9.88 Å². The van der Waals surface area contributed by atoms with Gasteiger partial charge in [0, 0.05) is 71.7 Å². The van der Waals surface area contributed by atoms with E-state index in [4.69, 9.17) is 0 Å². The van der Waals surface area contributed by atoms with Crippen molar-refractivity contribution in [3.05, 3.63) is 18.7 Å². The van der Waals surface area contributed by atoms with E-state index in [2.05, 4.69) is 24.7 Å². The van der Waals surface area contributed by atoms with Crippen molar-refractivity contribution in [1.82, 2.24) is 24.7 Å². The number of nitrogens with one attached hydrogen (secondary N) is 1. The average molecular weight is 265 g/mol. The summed E-state index contributed by atoms with van der Waals surface area (Å²) in [5.41, 5.74) is 0. The highest BCUT2D eigenvalue weighted by Gasteiger charge is 2.15. The second kappa shape index (κ2) is 7.25.